The first kappa shape index (κ1) is 24.7. The molecular formula is C25H31F3N4OS. The van der Waals surface area contributed by atoms with Crippen LogP contribution in [0.25, 0.3) is 10.9 Å². The van der Waals surface area contributed by atoms with Crippen LogP contribution in [0.1, 0.15) is 47.8 Å². The number of carbonyl (C=O) groups is 1. The molecule has 1 aliphatic rings. The standard InChI is InChI=1S/C25H31F3N4OS/c1-2-3-6-18(13-19-15-29-21-8-5-4-7-20(19)21)14-22(33)23-16-30-24(34-23)32-11-9-31(10-12-32)17-25(26,27)28/h4-5,7-8,15-16,18,29H,2-3,6,9-14,17H2,1H3. The number of hydrogen-bond acceptors (Lipinski definition) is 5. The van der Waals surface area contributed by atoms with E-state index in [4.69, 9.17) is 0 Å². The lowest BCUT2D eigenvalue weighted by atomic mass is 9.89. The first-order chi connectivity index (χ1) is 16.3. The van der Waals surface area contributed by atoms with Gasteiger partial charge in [-0.1, -0.05) is 49.3 Å². The summed E-state index contributed by atoms with van der Waals surface area (Å²) in [5, 5.41) is 1.93. The minimum atomic E-state index is -4.18. The second-order valence-corrected chi connectivity index (χ2v) is 10.1. The van der Waals surface area contributed by atoms with Gasteiger partial charge in [-0.2, -0.15) is 13.2 Å². The van der Waals surface area contributed by atoms with Gasteiger partial charge >= 0.3 is 6.18 Å². The van der Waals surface area contributed by atoms with E-state index in [-0.39, 0.29) is 11.7 Å². The number of alkyl halides is 3. The quantitative estimate of drug-likeness (QED) is 0.357. The van der Waals surface area contributed by atoms with Crippen molar-refractivity contribution in [3.8, 4) is 0 Å². The summed E-state index contributed by atoms with van der Waals surface area (Å²) in [6.07, 6.45) is 3.99. The van der Waals surface area contributed by atoms with Crippen LogP contribution < -0.4 is 4.90 Å². The minimum absolute atomic E-state index is 0.0976. The molecule has 0 amide bonds. The Morgan fingerprint density at radius 1 is 1.21 bits per heavy atom. The number of nitrogens with zero attached hydrogens (tertiary/aromatic N) is 3. The smallest absolute Gasteiger partial charge is 0.361 e. The molecule has 1 aromatic carbocycles. The number of Topliss-reactive ketones (excluding diaryl/α,β-unsaturated/α-hetero) is 1. The van der Waals surface area contributed by atoms with Crippen LogP contribution in [-0.2, 0) is 6.42 Å². The molecule has 1 N–H and O–H groups in total. The molecule has 184 valence electrons. The van der Waals surface area contributed by atoms with Crippen molar-refractivity contribution < 1.29 is 18.0 Å². The highest BCUT2D eigenvalue weighted by molar-refractivity contribution is 7.17. The third kappa shape index (κ3) is 6.39. The van der Waals surface area contributed by atoms with Gasteiger partial charge in [-0.25, -0.2) is 4.98 Å². The number of ketones is 1. The molecule has 1 aliphatic heterocycles. The lowest BCUT2D eigenvalue weighted by Gasteiger charge is -2.34. The second-order valence-electron chi connectivity index (χ2n) is 9.08. The van der Waals surface area contributed by atoms with E-state index < -0.39 is 12.7 Å². The fraction of sp³-hybridized carbons (Fsp3) is 0.520. The third-order valence-electron chi connectivity index (χ3n) is 6.44. The molecule has 0 spiro atoms. The molecule has 0 bridgehead atoms. The van der Waals surface area contributed by atoms with Crippen LogP contribution in [0, 0.1) is 5.92 Å². The Morgan fingerprint density at radius 3 is 2.71 bits per heavy atom. The molecule has 5 nitrogen and oxygen atoms in total. The summed E-state index contributed by atoms with van der Waals surface area (Å²) in [6, 6.07) is 8.22. The Morgan fingerprint density at radius 2 is 1.97 bits per heavy atom. The summed E-state index contributed by atoms with van der Waals surface area (Å²) in [5.74, 6) is 0.350. The molecule has 3 heterocycles. The maximum Gasteiger partial charge on any atom is 0.401 e. The highest BCUT2D eigenvalue weighted by Gasteiger charge is 2.32. The summed E-state index contributed by atoms with van der Waals surface area (Å²) >= 11 is 1.36. The van der Waals surface area contributed by atoms with Gasteiger partial charge < -0.3 is 9.88 Å². The monoisotopic (exact) mass is 492 g/mol. The van der Waals surface area contributed by atoms with Crippen LogP contribution in [0.2, 0.25) is 0 Å². The average molecular weight is 493 g/mol. The van der Waals surface area contributed by atoms with Crippen molar-refractivity contribution in [3.63, 3.8) is 0 Å². The van der Waals surface area contributed by atoms with E-state index in [1.807, 2.05) is 17.0 Å². The second kappa shape index (κ2) is 10.9. The summed E-state index contributed by atoms with van der Waals surface area (Å²) in [7, 11) is 0. The van der Waals surface area contributed by atoms with Crippen LogP contribution in [-0.4, -0.2) is 59.6 Å². The van der Waals surface area contributed by atoms with E-state index in [9.17, 15) is 18.0 Å². The van der Waals surface area contributed by atoms with Gasteiger partial charge in [0.05, 0.1) is 17.6 Å². The number of para-hydroxylation sites is 1. The first-order valence-corrected chi connectivity index (χ1v) is 12.7. The Labute approximate surface area is 202 Å². The SMILES string of the molecule is CCCCC(CC(=O)c1cnc(N2CCN(CC(F)(F)F)CC2)s1)Cc1c[nH]c2ccccc12. The maximum absolute atomic E-state index is 13.1. The summed E-state index contributed by atoms with van der Waals surface area (Å²) < 4.78 is 37.9. The normalized spacial score (nSPS) is 16.3. The van der Waals surface area contributed by atoms with Gasteiger partial charge in [0, 0.05) is 49.7 Å². The lowest BCUT2D eigenvalue weighted by Crippen LogP contribution is -2.49. The van der Waals surface area contributed by atoms with Crippen LogP contribution in [0.15, 0.2) is 36.7 Å². The number of hydrogen-bond donors (Lipinski definition) is 1. The average Bonchev–Trinajstić information content (AvgIpc) is 3.45. The van der Waals surface area contributed by atoms with Crippen molar-refractivity contribution in [1.29, 1.82) is 0 Å². The number of fused-ring (bicyclic) bond motifs is 1. The summed E-state index contributed by atoms with van der Waals surface area (Å²) in [5.41, 5.74) is 2.35. The number of unbranched alkanes of at least 4 members (excludes halogenated alkanes) is 1. The molecule has 1 saturated heterocycles. The Hall–Kier alpha value is -2.39. The number of thiazole rings is 1. The molecule has 0 radical (unpaired) electrons. The largest absolute Gasteiger partial charge is 0.401 e. The van der Waals surface area contributed by atoms with Crippen molar-refractivity contribution in [3.05, 3.63) is 47.1 Å². The highest BCUT2D eigenvalue weighted by atomic mass is 32.1. The number of carbonyl (C=O) groups excluding carboxylic acids is 1. The van der Waals surface area contributed by atoms with Crippen LogP contribution in [0.5, 0.6) is 0 Å². The molecule has 34 heavy (non-hydrogen) atoms. The van der Waals surface area contributed by atoms with Crippen molar-refractivity contribution >= 4 is 33.2 Å². The number of rotatable bonds is 10. The number of benzene rings is 1. The Bertz CT molecular complexity index is 1090. The molecule has 9 heteroatoms. The maximum atomic E-state index is 13.1. The van der Waals surface area contributed by atoms with Gasteiger partial charge in [0.25, 0.3) is 0 Å². The lowest BCUT2D eigenvalue weighted by molar-refractivity contribution is -0.146. The van der Waals surface area contributed by atoms with Crippen molar-refractivity contribution in [2.75, 3.05) is 37.6 Å². The van der Waals surface area contributed by atoms with Gasteiger partial charge in [-0.3, -0.25) is 9.69 Å². The molecule has 1 atom stereocenters. The first-order valence-electron chi connectivity index (χ1n) is 11.9. The predicted molar refractivity (Wildman–Crippen MR) is 131 cm³/mol. The van der Waals surface area contributed by atoms with Crippen LogP contribution in [0.4, 0.5) is 18.3 Å². The third-order valence-corrected chi connectivity index (χ3v) is 7.54. The molecule has 1 unspecified atom stereocenters. The van der Waals surface area contributed by atoms with Gasteiger partial charge in [0.15, 0.2) is 10.9 Å². The zero-order chi connectivity index (χ0) is 24.1. The van der Waals surface area contributed by atoms with E-state index in [2.05, 4.69) is 35.2 Å². The zero-order valence-electron chi connectivity index (χ0n) is 19.4. The Kier molecular flexibility index (Phi) is 7.93. The van der Waals surface area contributed by atoms with Crippen molar-refractivity contribution in [1.82, 2.24) is 14.9 Å². The number of piperazine rings is 1. The number of anilines is 1. The zero-order valence-corrected chi connectivity index (χ0v) is 20.2. The van der Waals surface area contributed by atoms with E-state index in [0.29, 0.717) is 37.5 Å². The van der Waals surface area contributed by atoms with Crippen LogP contribution >= 0.6 is 11.3 Å². The van der Waals surface area contributed by atoms with E-state index in [1.165, 1.54) is 27.2 Å². The molecular weight excluding hydrogens is 461 g/mol. The molecule has 0 aliphatic carbocycles. The summed E-state index contributed by atoms with van der Waals surface area (Å²) in [4.78, 5) is 24.9. The van der Waals surface area contributed by atoms with Gasteiger partial charge in [0.2, 0.25) is 0 Å². The van der Waals surface area contributed by atoms with E-state index in [1.54, 1.807) is 6.20 Å². The van der Waals surface area contributed by atoms with Crippen LogP contribution in [0.3, 0.4) is 0 Å². The molecule has 2 aromatic heterocycles. The van der Waals surface area contributed by atoms with Crippen molar-refractivity contribution in [2.24, 2.45) is 5.92 Å². The number of aromatic nitrogens is 2. The number of halogens is 3. The van der Waals surface area contributed by atoms with Gasteiger partial charge in [-0.15, -0.1) is 0 Å². The Balaban J connectivity index is 1.37. The fourth-order valence-electron chi connectivity index (χ4n) is 4.63. The van der Waals surface area contributed by atoms with Gasteiger partial charge in [0.1, 0.15) is 0 Å². The topological polar surface area (TPSA) is 52.2 Å². The molecule has 1 fully saturated rings. The minimum Gasteiger partial charge on any atom is -0.361 e. The number of aromatic amines is 1. The fourth-order valence-corrected chi connectivity index (χ4v) is 5.55. The highest BCUT2D eigenvalue weighted by Crippen LogP contribution is 2.29. The molecule has 3 aromatic rings. The van der Waals surface area contributed by atoms with E-state index in [0.717, 1.165) is 36.3 Å². The van der Waals surface area contributed by atoms with Gasteiger partial charge in [-0.05, 0) is 30.4 Å². The molecule has 0 saturated carbocycles. The predicted octanol–water partition coefficient (Wildman–Crippen LogP) is 5.93. The number of nitrogens with one attached hydrogen (secondary N) is 1. The van der Waals surface area contributed by atoms with Crippen molar-refractivity contribution in [2.45, 2.75) is 45.2 Å². The summed E-state index contributed by atoms with van der Waals surface area (Å²) in [6.45, 7) is 2.93. The molecule has 4 rings (SSSR count). The number of H-pyrrole nitrogens is 1. The van der Waals surface area contributed by atoms with E-state index >= 15 is 0 Å².